The van der Waals surface area contributed by atoms with Gasteiger partial charge in [-0.1, -0.05) is 26.7 Å². The van der Waals surface area contributed by atoms with Crippen molar-refractivity contribution >= 4 is 5.91 Å². The Balaban J connectivity index is 1.47. The van der Waals surface area contributed by atoms with Gasteiger partial charge in [0.25, 0.3) is 5.91 Å². The molecular weight excluding hydrogens is 356 g/mol. The van der Waals surface area contributed by atoms with E-state index in [1.54, 1.807) is 18.4 Å². The van der Waals surface area contributed by atoms with E-state index in [2.05, 4.69) is 39.0 Å². The molecule has 1 amide bonds. The van der Waals surface area contributed by atoms with E-state index < -0.39 is 0 Å². The van der Waals surface area contributed by atoms with Crippen molar-refractivity contribution in [2.24, 2.45) is 5.92 Å². The molecule has 2 aliphatic rings. The molecular formula is C20H30N6O2. The molecule has 2 aromatic heterocycles. The van der Waals surface area contributed by atoms with Gasteiger partial charge in [0, 0.05) is 26.2 Å². The molecule has 0 unspecified atom stereocenters. The van der Waals surface area contributed by atoms with Gasteiger partial charge in [-0.2, -0.15) is 0 Å². The second-order valence-electron chi connectivity index (χ2n) is 8.37. The SMILES string of the molecule is CC(C)C[C@H](c1nnnn1C1CCCC1)N1CCN(C(=O)c2ccco2)CC1. The Labute approximate surface area is 165 Å². The molecule has 1 aliphatic carbocycles. The highest BCUT2D eigenvalue weighted by atomic mass is 16.3. The number of furan rings is 1. The fourth-order valence-electron chi connectivity index (χ4n) is 4.49. The molecule has 2 aromatic rings. The summed E-state index contributed by atoms with van der Waals surface area (Å²) in [5.74, 6) is 1.92. The summed E-state index contributed by atoms with van der Waals surface area (Å²) >= 11 is 0. The molecule has 4 rings (SSSR count). The van der Waals surface area contributed by atoms with Crippen LogP contribution < -0.4 is 0 Å². The minimum Gasteiger partial charge on any atom is -0.459 e. The van der Waals surface area contributed by atoms with Gasteiger partial charge >= 0.3 is 0 Å². The average Bonchev–Trinajstić information content (AvgIpc) is 3.47. The number of hydrogen-bond acceptors (Lipinski definition) is 6. The third kappa shape index (κ3) is 3.97. The molecule has 8 nitrogen and oxygen atoms in total. The minimum atomic E-state index is -0.0270. The number of aromatic nitrogens is 4. The van der Waals surface area contributed by atoms with Gasteiger partial charge in [0.1, 0.15) is 0 Å². The van der Waals surface area contributed by atoms with Gasteiger partial charge in [-0.3, -0.25) is 9.69 Å². The van der Waals surface area contributed by atoms with Crippen molar-refractivity contribution in [2.75, 3.05) is 26.2 Å². The van der Waals surface area contributed by atoms with Gasteiger partial charge in [0.05, 0.1) is 18.3 Å². The first-order valence-electron chi connectivity index (χ1n) is 10.5. The highest BCUT2D eigenvalue weighted by Crippen LogP contribution is 2.34. The number of tetrazole rings is 1. The van der Waals surface area contributed by atoms with Crippen molar-refractivity contribution in [3.8, 4) is 0 Å². The Morgan fingerprint density at radius 2 is 1.96 bits per heavy atom. The van der Waals surface area contributed by atoms with Gasteiger partial charge in [-0.25, -0.2) is 4.68 Å². The van der Waals surface area contributed by atoms with Crippen LogP contribution in [0, 0.1) is 5.92 Å². The summed E-state index contributed by atoms with van der Waals surface area (Å²) in [4.78, 5) is 16.9. The third-order valence-corrected chi connectivity index (χ3v) is 5.96. The predicted molar refractivity (Wildman–Crippen MR) is 104 cm³/mol. The Kier molecular flexibility index (Phi) is 5.75. The first kappa shape index (κ1) is 19.1. The number of amides is 1. The van der Waals surface area contributed by atoms with Gasteiger partial charge < -0.3 is 9.32 Å². The smallest absolute Gasteiger partial charge is 0.289 e. The van der Waals surface area contributed by atoms with E-state index >= 15 is 0 Å². The second kappa shape index (κ2) is 8.43. The quantitative estimate of drug-likeness (QED) is 0.759. The van der Waals surface area contributed by atoms with E-state index in [9.17, 15) is 4.79 Å². The molecule has 1 aliphatic heterocycles. The second-order valence-corrected chi connectivity index (χ2v) is 8.37. The predicted octanol–water partition coefficient (Wildman–Crippen LogP) is 2.93. The third-order valence-electron chi connectivity index (χ3n) is 5.96. The summed E-state index contributed by atoms with van der Waals surface area (Å²) in [6.07, 6.45) is 7.40. The fourth-order valence-corrected chi connectivity index (χ4v) is 4.49. The summed E-state index contributed by atoms with van der Waals surface area (Å²) in [6, 6.07) is 4.11. The Morgan fingerprint density at radius 1 is 1.21 bits per heavy atom. The minimum absolute atomic E-state index is 0.0270. The Morgan fingerprint density at radius 3 is 2.61 bits per heavy atom. The van der Waals surface area contributed by atoms with Crippen LogP contribution in [-0.4, -0.2) is 62.1 Å². The van der Waals surface area contributed by atoms with Crippen molar-refractivity contribution in [3.63, 3.8) is 0 Å². The number of carbonyl (C=O) groups is 1. The maximum Gasteiger partial charge on any atom is 0.289 e. The summed E-state index contributed by atoms with van der Waals surface area (Å²) in [6.45, 7) is 7.52. The van der Waals surface area contributed by atoms with Crippen LogP contribution in [0.15, 0.2) is 22.8 Å². The number of nitrogens with zero attached hydrogens (tertiary/aromatic N) is 6. The van der Waals surface area contributed by atoms with E-state index in [0.717, 1.165) is 38.2 Å². The van der Waals surface area contributed by atoms with Crippen LogP contribution in [0.25, 0.3) is 0 Å². The monoisotopic (exact) mass is 386 g/mol. The molecule has 0 spiro atoms. The normalized spacial score (nSPS) is 20.2. The average molecular weight is 387 g/mol. The standard InChI is InChI=1S/C20H30N6O2/c1-15(2)14-17(19-21-22-23-26(19)16-6-3-4-7-16)24-9-11-25(12-10-24)20(27)18-8-5-13-28-18/h5,8,13,15-17H,3-4,6-7,9-12,14H2,1-2H3/t17-/m1/s1. The van der Waals surface area contributed by atoms with Crippen molar-refractivity contribution < 1.29 is 9.21 Å². The summed E-state index contributed by atoms with van der Waals surface area (Å²) < 4.78 is 7.36. The molecule has 0 bridgehead atoms. The lowest BCUT2D eigenvalue weighted by molar-refractivity contribution is 0.0497. The highest BCUT2D eigenvalue weighted by molar-refractivity contribution is 5.91. The van der Waals surface area contributed by atoms with Gasteiger partial charge in [0.2, 0.25) is 0 Å². The molecule has 28 heavy (non-hydrogen) atoms. The number of carbonyl (C=O) groups excluding carboxylic acids is 1. The molecule has 0 N–H and O–H groups in total. The molecule has 3 heterocycles. The lowest BCUT2D eigenvalue weighted by Gasteiger charge is -2.39. The Bertz CT molecular complexity index is 758. The van der Waals surface area contributed by atoms with Gasteiger partial charge in [-0.05, 0) is 47.7 Å². The van der Waals surface area contributed by atoms with Crippen LogP contribution in [-0.2, 0) is 0 Å². The molecule has 8 heteroatoms. The lowest BCUT2D eigenvalue weighted by atomic mass is 10.0. The van der Waals surface area contributed by atoms with Crippen molar-refractivity contribution in [1.29, 1.82) is 0 Å². The first-order chi connectivity index (χ1) is 13.6. The summed E-state index contributed by atoms with van der Waals surface area (Å²) in [5.41, 5.74) is 0. The van der Waals surface area contributed by atoms with Gasteiger partial charge in [0.15, 0.2) is 11.6 Å². The van der Waals surface area contributed by atoms with E-state index in [1.807, 2.05) is 4.90 Å². The molecule has 2 fully saturated rings. The van der Waals surface area contributed by atoms with Crippen LogP contribution in [0.2, 0.25) is 0 Å². The van der Waals surface area contributed by atoms with Crippen LogP contribution >= 0.6 is 0 Å². The topological polar surface area (TPSA) is 80.3 Å². The van der Waals surface area contributed by atoms with Crippen molar-refractivity contribution in [1.82, 2.24) is 30.0 Å². The van der Waals surface area contributed by atoms with Gasteiger partial charge in [-0.15, -0.1) is 5.10 Å². The zero-order valence-corrected chi connectivity index (χ0v) is 16.8. The molecule has 0 aromatic carbocycles. The summed E-state index contributed by atoms with van der Waals surface area (Å²) in [7, 11) is 0. The molecule has 1 saturated heterocycles. The molecule has 1 atom stereocenters. The van der Waals surface area contributed by atoms with Crippen molar-refractivity contribution in [3.05, 3.63) is 30.0 Å². The Hall–Kier alpha value is -2.22. The van der Waals surface area contributed by atoms with E-state index in [1.165, 1.54) is 12.8 Å². The van der Waals surface area contributed by atoms with Crippen LogP contribution in [0.5, 0.6) is 0 Å². The van der Waals surface area contributed by atoms with Crippen LogP contribution in [0.4, 0.5) is 0 Å². The largest absolute Gasteiger partial charge is 0.459 e. The number of hydrogen-bond donors (Lipinski definition) is 0. The maximum atomic E-state index is 12.5. The van der Waals surface area contributed by atoms with Crippen molar-refractivity contribution in [2.45, 2.75) is 58.0 Å². The van der Waals surface area contributed by atoms with E-state index in [0.29, 0.717) is 30.8 Å². The molecule has 152 valence electrons. The number of piperazine rings is 1. The lowest BCUT2D eigenvalue weighted by Crippen LogP contribution is -2.50. The van der Waals surface area contributed by atoms with Crippen LogP contribution in [0.3, 0.4) is 0 Å². The zero-order valence-electron chi connectivity index (χ0n) is 16.8. The highest BCUT2D eigenvalue weighted by Gasteiger charge is 2.33. The summed E-state index contributed by atoms with van der Waals surface area (Å²) in [5, 5.41) is 12.8. The zero-order chi connectivity index (χ0) is 19.5. The first-order valence-corrected chi connectivity index (χ1v) is 10.5. The van der Waals surface area contributed by atoms with Crippen LogP contribution in [0.1, 0.15) is 74.4 Å². The number of rotatable bonds is 6. The maximum absolute atomic E-state index is 12.5. The van der Waals surface area contributed by atoms with E-state index in [-0.39, 0.29) is 11.9 Å². The molecule has 0 radical (unpaired) electrons. The molecule has 1 saturated carbocycles. The van der Waals surface area contributed by atoms with E-state index in [4.69, 9.17) is 4.42 Å². The fraction of sp³-hybridized carbons (Fsp3) is 0.700.